The molecule has 0 unspecified atom stereocenters. The average molecular weight is 427 g/mol. The monoisotopic (exact) mass is 426 g/mol. The van der Waals surface area contributed by atoms with Crippen molar-refractivity contribution in [3.8, 4) is 0 Å². The molecule has 0 bridgehead atoms. The highest BCUT2D eigenvalue weighted by atomic mass is 32.2. The molecule has 6 nitrogen and oxygen atoms in total. The standard InChI is InChI=1S/C19H42N2O4S2/c1-4-6-8-10-12-14-18-26(22,23)20-16-17-21(3)27(24,25)19-15-13-11-9-7-5-2/h20H,4-19H2,1-3H3. The molecule has 0 spiro atoms. The number of nitrogens with one attached hydrogen (secondary N) is 1. The molecule has 0 saturated heterocycles. The molecule has 0 heterocycles. The molecular weight excluding hydrogens is 384 g/mol. The fourth-order valence-corrected chi connectivity index (χ4v) is 5.24. The third kappa shape index (κ3) is 15.4. The Hall–Kier alpha value is -0.180. The van der Waals surface area contributed by atoms with Gasteiger partial charge < -0.3 is 0 Å². The van der Waals surface area contributed by atoms with E-state index in [1.54, 1.807) is 0 Å². The van der Waals surface area contributed by atoms with Gasteiger partial charge >= 0.3 is 0 Å². The van der Waals surface area contributed by atoms with E-state index in [1.807, 2.05) is 0 Å². The summed E-state index contributed by atoms with van der Waals surface area (Å²) in [4.78, 5) is 0. The van der Waals surface area contributed by atoms with Crippen LogP contribution >= 0.6 is 0 Å². The van der Waals surface area contributed by atoms with Crippen molar-refractivity contribution >= 4 is 20.0 Å². The molecule has 0 saturated carbocycles. The lowest BCUT2D eigenvalue weighted by molar-refractivity contribution is 0.466. The molecule has 0 aromatic rings. The van der Waals surface area contributed by atoms with Crippen LogP contribution in [0.4, 0.5) is 0 Å². The summed E-state index contributed by atoms with van der Waals surface area (Å²) in [5.41, 5.74) is 0. The Balaban J connectivity index is 3.95. The molecule has 8 heteroatoms. The minimum atomic E-state index is -3.32. The van der Waals surface area contributed by atoms with Crippen LogP contribution in [0.25, 0.3) is 0 Å². The number of hydrogen-bond acceptors (Lipinski definition) is 4. The number of rotatable bonds is 19. The topological polar surface area (TPSA) is 83.6 Å². The van der Waals surface area contributed by atoms with Crippen molar-refractivity contribution in [3.63, 3.8) is 0 Å². The van der Waals surface area contributed by atoms with Gasteiger partial charge in [0.2, 0.25) is 20.0 Å². The highest BCUT2D eigenvalue weighted by molar-refractivity contribution is 7.89. The van der Waals surface area contributed by atoms with Crippen molar-refractivity contribution < 1.29 is 16.8 Å². The molecular formula is C19H42N2O4S2. The number of unbranched alkanes of at least 4 members (excludes halogenated alkanes) is 10. The zero-order valence-electron chi connectivity index (χ0n) is 17.7. The first kappa shape index (κ1) is 26.8. The van der Waals surface area contributed by atoms with Gasteiger partial charge in [-0.15, -0.1) is 0 Å². The fourth-order valence-electron chi connectivity index (χ4n) is 2.86. The maximum absolute atomic E-state index is 12.2. The molecule has 1 N–H and O–H groups in total. The summed E-state index contributed by atoms with van der Waals surface area (Å²) >= 11 is 0. The van der Waals surface area contributed by atoms with Gasteiger partial charge in [0.1, 0.15) is 0 Å². The van der Waals surface area contributed by atoms with Crippen LogP contribution in [0.15, 0.2) is 0 Å². The Morgan fingerprint density at radius 1 is 0.667 bits per heavy atom. The van der Waals surface area contributed by atoms with E-state index in [9.17, 15) is 16.8 Å². The predicted octanol–water partition coefficient (Wildman–Crippen LogP) is 3.89. The van der Waals surface area contributed by atoms with E-state index in [0.29, 0.717) is 12.8 Å². The number of sulfonamides is 2. The number of likely N-dealkylation sites (N-methyl/N-ethyl adjacent to an activating group) is 1. The third-order valence-corrected chi connectivity index (χ3v) is 8.15. The van der Waals surface area contributed by atoms with Crippen molar-refractivity contribution in [1.29, 1.82) is 0 Å². The van der Waals surface area contributed by atoms with Crippen molar-refractivity contribution in [2.45, 2.75) is 90.9 Å². The lowest BCUT2D eigenvalue weighted by atomic mass is 10.1. The summed E-state index contributed by atoms with van der Waals surface area (Å²) < 4.78 is 52.2. The minimum absolute atomic E-state index is 0.118. The molecule has 0 amide bonds. The van der Waals surface area contributed by atoms with E-state index < -0.39 is 20.0 Å². The number of hydrogen-bond donors (Lipinski definition) is 1. The average Bonchev–Trinajstić information content (AvgIpc) is 2.60. The molecule has 27 heavy (non-hydrogen) atoms. The molecule has 0 aromatic heterocycles. The Labute approximate surface area is 168 Å². The highest BCUT2D eigenvalue weighted by Crippen LogP contribution is 2.08. The highest BCUT2D eigenvalue weighted by Gasteiger charge is 2.18. The summed E-state index contributed by atoms with van der Waals surface area (Å²) in [5.74, 6) is 0.257. The Morgan fingerprint density at radius 3 is 1.63 bits per heavy atom. The lowest BCUT2D eigenvalue weighted by Gasteiger charge is -2.17. The SMILES string of the molecule is CCCCCCCCS(=O)(=O)NCCN(C)S(=O)(=O)CCCCCCCC. The Bertz CT molecular complexity index is 548. The van der Waals surface area contributed by atoms with Crippen molar-refractivity contribution in [2.75, 3.05) is 31.6 Å². The van der Waals surface area contributed by atoms with Crippen LogP contribution in [0.2, 0.25) is 0 Å². The van der Waals surface area contributed by atoms with Gasteiger partial charge in [0.05, 0.1) is 11.5 Å². The van der Waals surface area contributed by atoms with E-state index in [1.165, 1.54) is 37.0 Å². The Kier molecular flexibility index (Phi) is 15.6. The normalized spacial score (nSPS) is 12.7. The Morgan fingerprint density at radius 2 is 1.11 bits per heavy atom. The van der Waals surface area contributed by atoms with E-state index in [0.717, 1.165) is 38.5 Å². The van der Waals surface area contributed by atoms with Gasteiger partial charge in [-0.25, -0.2) is 25.9 Å². The maximum atomic E-state index is 12.2. The van der Waals surface area contributed by atoms with Crippen LogP contribution in [0.3, 0.4) is 0 Å². The van der Waals surface area contributed by atoms with Gasteiger partial charge in [-0.3, -0.25) is 0 Å². The molecule has 0 aromatic carbocycles. The largest absolute Gasteiger partial charge is 0.214 e. The molecule has 0 aliphatic rings. The summed E-state index contributed by atoms with van der Waals surface area (Å²) in [6, 6.07) is 0. The quantitative estimate of drug-likeness (QED) is 0.318. The summed E-state index contributed by atoms with van der Waals surface area (Å²) in [6.07, 6.45) is 12.4. The van der Waals surface area contributed by atoms with Gasteiger partial charge in [-0.05, 0) is 12.8 Å². The van der Waals surface area contributed by atoms with Crippen LogP contribution < -0.4 is 4.72 Å². The first-order valence-electron chi connectivity index (χ1n) is 10.7. The molecule has 0 rings (SSSR count). The van der Waals surface area contributed by atoms with Crippen LogP contribution in [0.1, 0.15) is 90.9 Å². The van der Waals surface area contributed by atoms with Gasteiger partial charge in [0.15, 0.2) is 0 Å². The molecule has 0 aliphatic heterocycles. The second-order valence-corrected chi connectivity index (χ2v) is 11.5. The fraction of sp³-hybridized carbons (Fsp3) is 1.00. The second-order valence-electron chi connectivity index (χ2n) is 7.39. The molecule has 0 radical (unpaired) electrons. The smallest absolute Gasteiger partial charge is 0.213 e. The van der Waals surface area contributed by atoms with Gasteiger partial charge in [-0.1, -0.05) is 78.1 Å². The molecule has 164 valence electrons. The van der Waals surface area contributed by atoms with Crippen molar-refractivity contribution in [2.24, 2.45) is 0 Å². The molecule has 0 atom stereocenters. The van der Waals surface area contributed by atoms with Gasteiger partial charge in [0, 0.05) is 20.1 Å². The van der Waals surface area contributed by atoms with Crippen LogP contribution in [-0.2, 0) is 20.0 Å². The molecule has 0 fully saturated rings. The molecule has 0 aliphatic carbocycles. The lowest BCUT2D eigenvalue weighted by Crippen LogP contribution is -2.37. The van der Waals surface area contributed by atoms with E-state index in [2.05, 4.69) is 18.6 Å². The third-order valence-electron chi connectivity index (χ3n) is 4.75. The van der Waals surface area contributed by atoms with E-state index in [4.69, 9.17) is 0 Å². The van der Waals surface area contributed by atoms with Crippen LogP contribution in [0.5, 0.6) is 0 Å². The van der Waals surface area contributed by atoms with E-state index >= 15 is 0 Å². The summed E-state index contributed by atoms with van der Waals surface area (Å²) in [7, 11) is -5.10. The second kappa shape index (κ2) is 15.7. The summed E-state index contributed by atoms with van der Waals surface area (Å²) in [5, 5.41) is 0. The minimum Gasteiger partial charge on any atom is -0.214 e. The summed E-state index contributed by atoms with van der Waals surface area (Å²) in [6.45, 7) is 4.61. The van der Waals surface area contributed by atoms with E-state index in [-0.39, 0.29) is 24.6 Å². The first-order chi connectivity index (χ1) is 12.7. The zero-order chi connectivity index (χ0) is 20.6. The number of nitrogens with zero attached hydrogens (tertiary/aromatic N) is 1. The van der Waals surface area contributed by atoms with Crippen LogP contribution in [0, 0.1) is 0 Å². The van der Waals surface area contributed by atoms with Crippen molar-refractivity contribution in [1.82, 2.24) is 9.03 Å². The van der Waals surface area contributed by atoms with Crippen molar-refractivity contribution in [3.05, 3.63) is 0 Å². The van der Waals surface area contributed by atoms with Gasteiger partial charge in [0.25, 0.3) is 0 Å². The predicted molar refractivity (Wildman–Crippen MR) is 115 cm³/mol. The maximum Gasteiger partial charge on any atom is 0.213 e. The van der Waals surface area contributed by atoms with Gasteiger partial charge in [-0.2, -0.15) is 0 Å². The first-order valence-corrected chi connectivity index (χ1v) is 13.9. The van der Waals surface area contributed by atoms with Crippen LogP contribution in [-0.4, -0.2) is 52.8 Å². The zero-order valence-corrected chi connectivity index (χ0v) is 19.3.